The van der Waals surface area contributed by atoms with E-state index in [-0.39, 0.29) is 31.1 Å². The van der Waals surface area contributed by atoms with Crippen LogP contribution in [-0.4, -0.2) is 37.2 Å². The normalized spacial score (nSPS) is 12.3. The molecule has 0 saturated heterocycles. The van der Waals surface area contributed by atoms with Gasteiger partial charge in [0, 0.05) is 19.3 Å². The Hall–Kier alpha value is -2.63. The van der Waals surface area contributed by atoms with E-state index in [1.165, 1.54) is 263 Å². The van der Waals surface area contributed by atoms with Gasteiger partial charge in [0.1, 0.15) is 13.2 Å². The molecule has 0 aliphatic rings. The molecular formula is C76H140O6. The van der Waals surface area contributed by atoms with Gasteiger partial charge in [-0.1, -0.05) is 371 Å². The standard InChI is InChI=1S/C76H140O6/c1-4-7-10-13-16-19-22-25-28-30-31-32-33-34-35-36-37-38-39-40-41-42-43-44-46-48-51-54-57-60-63-66-69-75(78)81-72-73(71-80-74(77)68-65-62-59-56-53-50-47-27-24-21-18-15-12-9-6-3)82-76(79)70-67-64-61-58-55-52-49-45-29-26-23-20-17-14-11-8-5-2/h8,11,17,20,26,29,49,52,73H,4-7,9-10,12-16,18-19,21-25,27-28,30-48,50-51,53-72H2,1-3H3/b11-8-,20-17-,29-26-,52-49-. The number of hydrogen-bond acceptors (Lipinski definition) is 6. The highest BCUT2D eigenvalue weighted by atomic mass is 16.6. The lowest BCUT2D eigenvalue weighted by Gasteiger charge is -2.18. The van der Waals surface area contributed by atoms with E-state index < -0.39 is 6.10 Å². The molecule has 0 aliphatic heterocycles. The quantitative estimate of drug-likeness (QED) is 0.0261. The molecule has 0 N–H and O–H groups in total. The van der Waals surface area contributed by atoms with Gasteiger partial charge in [-0.2, -0.15) is 0 Å². The van der Waals surface area contributed by atoms with Crippen LogP contribution in [0.3, 0.4) is 0 Å². The fourth-order valence-corrected chi connectivity index (χ4v) is 11.1. The van der Waals surface area contributed by atoms with E-state index in [9.17, 15) is 14.4 Å². The average Bonchev–Trinajstić information content (AvgIpc) is 3.47. The van der Waals surface area contributed by atoms with Crippen LogP contribution in [0, 0.1) is 0 Å². The third kappa shape index (κ3) is 68.2. The van der Waals surface area contributed by atoms with Crippen molar-refractivity contribution in [2.24, 2.45) is 0 Å². The van der Waals surface area contributed by atoms with Crippen LogP contribution >= 0.6 is 0 Å². The molecule has 0 fully saturated rings. The molecule has 0 radical (unpaired) electrons. The minimum atomic E-state index is -0.784. The van der Waals surface area contributed by atoms with Crippen molar-refractivity contribution in [2.75, 3.05) is 13.2 Å². The van der Waals surface area contributed by atoms with Crippen molar-refractivity contribution in [1.29, 1.82) is 0 Å². The number of ether oxygens (including phenoxy) is 3. The Bertz CT molecular complexity index is 1410. The number of carbonyl (C=O) groups is 3. The Morgan fingerprint density at radius 1 is 0.256 bits per heavy atom. The van der Waals surface area contributed by atoms with Crippen molar-refractivity contribution in [3.8, 4) is 0 Å². The number of unbranched alkanes of at least 4 members (excludes halogenated alkanes) is 49. The highest BCUT2D eigenvalue weighted by Gasteiger charge is 2.19. The fraction of sp³-hybridized carbons (Fsp3) is 0.855. The molecule has 0 spiro atoms. The fourth-order valence-electron chi connectivity index (χ4n) is 11.1. The van der Waals surface area contributed by atoms with E-state index in [0.717, 1.165) is 96.3 Å². The largest absolute Gasteiger partial charge is 0.462 e. The van der Waals surface area contributed by atoms with Crippen molar-refractivity contribution in [3.05, 3.63) is 48.6 Å². The highest BCUT2D eigenvalue weighted by molar-refractivity contribution is 5.71. The number of allylic oxidation sites excluding steroid dienone is 8. The summed E-state index contributed by atoms with van der Waals surface area (Å²) in [5.74, 6) is -0.875. The van der Waals surface area contributed by atoms with Gasteiger partial charge in [0.25, 0.3) is 0 Å². The van der Waals surface area contributed by atoms with Gasteiger partial charge in [0.15, 0.2) is 6.10 Å². The maximum atomic E-state index is 12.9. The van der Waals surface area contributed by atoms with Crippen LogP contribution in [0.4, 0.5) is 0 Å². The van der Waals surface area contributed by atoms with Gasteiger partial charge in [0.05, 0.1) is 0 Å². The first kappa shape index (κ1) is 79.4. The minimum absolute atomic E-state index is 0.0781. The summed E-state index contributed by atoms with van der Waals surface area (Å²) in [6, 6.07) is 0. The number of hydrogen-bond donors (Lipinski definition) is 0. The van der Waals surface area contributed by atoms with E-state index in [0.29, 0.717) is 19.3 Å². The zero-order chi connectivity index (χ0) is 59.2. The number of rotatable bonds is 68. The first-order valence-electron chi connectivity index (χ1n) is 36.6. The van der Waals surface area contributed by atoms with Gasteiger partial charge >= 0.3 is 17.9 Å². The maximum absolute atomic E-state index is 12.9. The molecule has 6 heteroatoms. The minimum Gasteiger partial charge on any atom is -0.462 e. The summed E-state index contributed by atoms with van der Waals surface area (Å²) in [5, 5.41) is 0. The van der Waals surface area contributed by atoms with E-state index in [1.807, 2.05) is 0 Å². The zero-order valence-corrected chi connectivity index (χ0v) is 55.3. The van der Waals surface area contributed by atoms with Crippen LogP contribution in [0.25, 0.3) is 0 Å². The van der Waals surface area contributed by atoms with Gasteiger partial charge < -0.3 is 14.2 Å². The molecule has 0 amide bonds. The molecule has 0 saturated carbocycles. The van der Waals surface area contributed by atoms with Gasteiger partial charge in [-0.05, 0) is 57.8 Å². The molecule has 1 atom stereocenters. The first-order chi connectivity index (χ1) is 40.5. The van der Waals surface area contributed by atoms with Crippen LogP contribution in [0.1, 0.15) is 400 Å². The van der Waals surface area contributed by atoms with E-state index in [2.05, 4.69) is 69.4 Å². The molecule has 0 bridgehead atoms. The van der Waals surface area contributed by atoms with Crippen LogP contribution < -0.4 is 0 Å². The van der Waals surface area contributed by atoms with Crippen molar-refractivity contribution in [1.82, 2.24) is 0 Å². The Morgan fingerprint density at radius 2 is 0.476 bits per heavy atom. The second-order valence-electron chi connectivity index (χ2n) is 24.8. The molecule has 0 aliphatic carbocycles. The smallest absolute Gasteiger partial charge is 0.306 e. The van der Waals surface area contributed by atoms with E-state index in [1.54, 1.807) is 0 Å². The Kier molecular flexibility index (Phi) is 68.6. The second kappa shape index (κ2) is 70.9. The summed E-state index contributed by atoms with van der Waals surface area (Å²) in [7, 11) is 0. The summed E-state index contributed by atoms with van der Waals surface area (Å²) >= 11 is 0. The maximum Gasteiger partial charge on any atom is 0.306 e. The topological polar surface area (TPSA) is 78.9 Å². The average molecular weight is 1150 g/mol. The SMILES string of the molecule is CC/C=C\C/C=C\C/C=C\C/C=C\CCCCCCC(=O)OC(COC(=O)CCCCCCCCCCCCCCCCC)COC(=O)CCCCCCCCCCCCCCCCCCCCCCCCCCCCCCCCCC. The first-order valence-corrected chi connectivity index (χ1v) is 36.6. The van der Waals surface area contributed by atoms with Gasteiger partial charge in [-0.3, -0.25) is 14.4 Å². The number of carbonyl (C=O) groups excluding carboxylic acids is 3. The van der Waals surface area contributed by atoms with Crippen molar-refractivity contribution < 1.29 is 28.6 Å². The predicted molar refractivity (Wildman–Crippen MR) is 358 cm³/mol. The highest BCUT2D eigenvalue weighted by Crippen LogP contribution is 2.19. The molecule has 0 heterocycles. The molecule has 0 aromatic heterocycles. The van der Waals surface area contributed by atoms with Crippen LogP contribution in [0.2, 0.25) is 0 Å². The molecule has 6 nitrogen and oxygen atoms in total. The molecule has 0 rings (SSSR count). The Morgan fingerprint density at radius 3 is 0.744 bits per heavy atom. The molecule has 0 aromatic carbocycles. The van der Waals surface area contributed by atoms with Crippen LogP contribution in [-0.2, 0) is 28.6 Å². The van der Waals surface area contributed by atoms with Gasteiger partial charge in [0.2, 0.25) is 0 Å². The zero-order valence-electron chi connectivity index (χ0n) is 55.3. The van der Waals surface area contributed by atoms with Crippen molar-refractivity contribution in [3.63, 3.8) is 0 Å². The van der Waals surface area contributed by atoms with Crippen LogP contribution in [0.15, 0.2) is 48.6 Å². The molecule has 0 aromatic rings. The monoisotopic (exact) mass is 1150 g/mol. The van der Waals surface area contributed by atoms with Crippen molar-refractivity contribution in [2.45, 2.75) is 406 Å². The lowest BCUT2D eigenvalue weighted by atomic mass is 10.0. The molecule has 82 heavy (non-hydrogen) atoms. The molecular weight excluding hydrogens is 1010 g/mol. The summed E-state index contributed by atoms with van der Waals surface area (Å²) in [6.45, 7) is 6.58. The third-order valence-electron chi connectivity index (χ3n) is 16.6. The summed E-state index contributed by atoms with van der Waals surface area (Å²) < 4.78 is 17.0. The predicted octanol–water partition coefficient (Wildman–Crippen LogP) is 25.3. The summed E-state index contributed by atoms with van der Waals surface area (Å²) in [6.07, 6.45) is 90.2. The number of esters is 3. The lowest BCUT2D eigenvalue weighted by Crippen LogP contribution is -2.30. The van der Waals surface area contributed by atoms with E-state index in [4.69, 9.17) is 14.2 Å². The summed E-state index contributed by atoms with van der Waals surface area (Å²) in [5.41, 5.74) is 0. The van der Waals surface area contributed by atoms with Gasteiger partial charge in [-0.25, -0.2) is 0 Å². The Labute approximate surface area is 511 Å². The van der Waals surface area contributed by atoms with Gasteiger partial charge in [-0.15, -0.1) is 0 Å². The second-order valence-corrected chi connectivity index (χ2v) is 24.8. The Balaban J connectivity index is 4.16. The molecule has 480 valence electrons. The van der Waals surface area contributed by atoms with E-state index >= 15 is 0 Å². The molecule has 1 unspecified atom stereocenters. The lowest BCUT2D eigenvalue weighted by molar-refractivity contribution is -0.167. The summed E-state index contributed by atoms with van der Waals surface area (Å²) in [4.78, 5) is 38.4. The third-order valence-corrected chi connectivity index (χ3v) is 16.6. The van der Waals surface area contributed by atoms with Crippen molar-refractivity contribution >= 4 is 17.9 Å². The van der Waals surface area contributed by atoms with Crippen LogP contribution in [0.5, 0.6) is 0 Å².